The molecule has 4 rings (SSSR count). The van der Waals surface area contributed by atoms with E-state index in [1.54, 1.807) is 33.2 Å². The lowest BCUT2D eigenvalue weighted by molar-refractivity contribution is -0.131. The van der Waals surface area contributed by atoms with E-state index in [1.807, 2.05) is 30.3 Å². The molecule has 1 amide bonds. The third-order valence-corrected chi connectivity index (χ3v) is 6.63. The Morgan fingerprint density at radius 1 is 1.24 bits per heavy atom. The van der Waals surface area contributed by atoms with Crippen molar-refractivity contribution >= 4 is 27.5 Å². The molecule has 6 heteroatoms. The number of hydrogen-bond acceptors (Lipinski definition) is 4. The van der Waals surface area contributed by atoms with E-state index < -0.39 is 0 Å². The smallest absolute Gasteiger partial charge is 0.262 e. The van der Waals surface area contributed by atoms with Crippen LogP contribution in [0.3, 0.4) is 0 Å². The summed E-state index contributed by atoms with van der Waals surface area (Å²) >= 11 is 1.65. The normalized spacial score (nSPS) is 13.2. The number of fused-ring (bicyclic) bond motifs is 3. The van der Waals surface area contributed by atoms with Gasteiger partial charge in [0, 0.05) is 30.9 Å². The molecular weight excluding hydrogens is 382 g/mol. The third-order valence-electron chi connectivity index (χ3n) is 5.43. The fraction of sp³-hybridized carbons (Fsp3) is 0.348. The zero-order valence-electron chi connectivity index (χ0n) is 16.5. The lowest BCUT2D eigenvalue weighted by Gasteiger charge is -2.21. The first-order valence-corrected chi connectivity index (χ1v) is 10.9. The van der Waals surface area contributed by atoms with Crippen LogP contribution in [0.2, 0.25) is 0 Å². The Bertz CT molecular complexity index is 1080. The first-order valence-electron chi connectivity index (χ1n) is 10.1. The van der Waals surface area contributed by atoms with Gasteiger partial charge in [0.15, 0.2) is 0 Å². The monoisotopic (exact) mass is 407 g/mol. The van der Waals surface area contributed by atoms with Gasteiger partial charge in [0.1, 0.15) is 4.83 Å². The van der Waals surface area contributed by atoms with Gasteiger partial charge in [0.05, 0.1) is 11.7 Å². The van der Waals surface area contributed by atoms with Crippen molar-refractivity contribution < 1.29 is 4.79 Å². The molecule has 0 atom stereocenters. The van der Waals surface area contributed by atoms with Crippen LogP contribution in [-0.4, -0.2) is 26.9 Å². The molecule has 2 heterocycles. The Kier molecular flexibility index (Phi) is 5.90. The van der Waals surface area contributed by atoms with E-state index in [1.165, 1.54) is 16.9 Å². The van der Waals surface area contributed by atoms with E-state index in [9.17, 15) is 9.59 Å². The third kappa shape index (κ3) is 4.17. The van der Waals surface area contributed by atoms with Crippen LogP contribution in [0.15, 0.2) is 54.1 Å². The molecule has 0 fully saturated rings. The van der Waals surface area contributed by atoms with Crippen molar-refractivity contribution in [2.24, 2.45) is 0 Å². The SMILES string of the molecule is C=CCN(Cc1ccccc1)C(=O)CCn1cnc2sc3c(c2c1=O)CCCC3. The predicted molar refractivity (Wildman–Crippen MR) is 117 cm³/mol. The number of benzene rings is 1. The van der Waals surface area contributed by atoms with Crippen molar-refractivity contribution in [2.75, 3.05) is 6.54 Å². The molecule has 5 nitrogen and oxygen atoms in total. The van der Waals surface area contributed by atoms with Gasteiger partial charge in [-0.05, 0) is 36.8 Å². The van der Waals surface area contributed by atoms with Crippen LogP contribution in [0, 0.1) is 0 Å². The van der Waals surface area contributed by atoms with Crippen molar-refractivity contribution in [3.05, 3.63) is 75.7 Å². The number of aromatic nitrogens is 2. The molecule has 1 aliphatic rings. The minimum atomic E-state index is -0.0134. The lowest BCUT2D eigenvalue weighted by Crippen LogP contribution is -2.32. The van der Waals surface area contributed by atoms with Crippen LogP contribution < -0.4 is 5.56 Å². The van der Waals surface area contributed by atoms with Crippen LogP contribution in [-0.2, 0) is 30.7 Å². The minimum Gasteiger partial charge on any atom is -0.335 e. The summed E-state index contributed by atoms with van der Waals surface area (Å²) in [6.45, 7) is 5.13. The highest BCUT2D eigenvalue weighted by atomic mass is 32.1. The Hall–Kier alpha value is -2.73. The summed E-state index contributed by atoms with van der Waals surface area (Å²) < 4.78 is 1.59. The van der Waals surface area contributed by atoms with E-state index in [2.05, 4.69) is 11.6 Å². The first-order chi connectivity index (χ1) is 14.2. The highest BCUT2D eigenvalue weighted by molar-refractivity contribution is 7.18. The number of nitrogens with zero attached hydrogens (tertiary/aromatic N) is 3. The maximum Gasteiger partial charge on any atom is 0.262 e. The summed E-state index contributed by atoms with van der Waals surface area (Å²) in [5, 5.41) is 0.770. The second-order valence-corrected chi connectivity index (χ2v) is 8.52. The molecule has 150 valence electrons. The summed E-state index contributed by atoms with van der Waals surface area (Å²) in [4.78, 5) is 34.3. The predicted octanol–water partition coefficient (Wildman–Crippen LogP) is 3.94. The van der Waals surface area contributed by atoms with Gasteiger partial charge in [-0.3, -0.25) is 14.2 Å². The Balaban J connectivity index is 1.50. The molecule has 0 N–H and O–H groups in total. The van der Waals surface area contributed by atoms with Gasteiger partial charge in [0.2, 0.25) is 5.91 Å². The molecule has 29 heavy (non-hydrogen) atoms. The number of thiophene rings is 1. The summed E-state index contributed by atoms with van der Waals surface area (Å²) in [5.41, 5.74) is 2.25. The molecule has 2 aromatic heterocycles. The standard InChI is InChI=1S/C23H25N3O2S/c1-2-13-25(15-17-8-4-3-5-9-17)20(27)12-14-26-16-24-22-21(23(26)28)18-10-6-7-11-19(18)29-22/h2-5,8-9,16H,1,6-7,10-15H2. The van der Waals surface area contributed by atoms with Gasteiger partial charge >= 0.3 is 0 Å². The molecule has 1 aromatic carbocycles. The van der Waals surface area contributed by atoms with Crippen LogP contribution in [0.1, 0.15) is 35.3 Å². The highest BCUT2D eigenvalue weighted by Gasteiger charge is 2.20. The minimum absolute atomic E-state index is 0.00750. The quantitative estimate of drug-likeness (QED) is 0.558. The summed E-state index contributed by atoms with van der Waals surface area (Å²) in [5.74, 6) is 0.00750. The van der Waals surface area contributed by atoms with Crippen molar-refractivity contribution in [2.45, 2.75) is 45.2 Å². The number of hydrogen-bond donors (Lipinski definition) is 0. The van der Waals surface area contributed by atoms with E-state index >= 15 is 0 Å². The van der Waals surface area contributed by atoms with Gasteiger partial charge < -0.3 is 4.90 Å². The second kappa shape index (κ2) is 8.74. The summed E-state index contributed by atoms with van der Waals surface area (Å²) in [6.07, 6.45) is 7.90. The van der Waals surface area contributed by atoms with Crippen molar-refractivity contribution in [1.82, 2.24) is 14.5 Å². The molecule has 0 unspecified atom stereocenters. The van der Waals surface area contributed by atoms with Gasteiger partial charge in [-0.2, -0.15) is 0 Å². The molecule has 0 bridgehead atoms. The Labute approximate surface area is 174 Å². The maximum atomic E-state index is 13.0. The average molecular weight is 408 g/mol. The van der Waals surface area contributed by atoms with E-state index in [0.717, 1.165) is 35.0 Å². The molecule has 3 aromatic rings. The first kappa shape index (κ1) is 19.6. The van der Waals surface area contributed by atoms with Crippen LogP contribution >= 0.6 is 11.3 Å². The number of rotatable bonds is 7. The van der Waals surface area contributed by atoms with E-state index in [-0.39, 0.29) is 17.9 Å². The average Bonchev–Trinajstić information content (AvgIpc) is 3.13. The van der Waals surface area contributed by atoms with E-state index in [0.29, 0.717) is 19.6 Å². The zero-order chi connectivity index (χ0) is 20.2. The van der Waals surface area contributed by atoms with Gasteiger partial charge in [-0.25, -0.2) is 4.98 Å². The number of carbonyl (C=O) groups excluding carboxylic acids is 1. The molecule has 0 aliphatic heterocycles. The van der Waals surface area contributed by atoms with E-state index in [4.69, 9.17) is 0 Å². The van der Waals surface area contributed by atoms with Crippen molar-refractivity contribution in [3.63, 3.8) is 0 Å². The van der Waals surface area contributed by atoms with Crippen molar-refractivity contribution in [1.29, 1.82) is 0 Å². The van der Waals surface area contributed by atoms with Crippen LogP contribution in [0.5, 0.6) is 0 Å². The molecule has 0 spiro atoms. The second-order valence-electron chi connectivity index (χ2n) is 7.43. The maximum absolute atomic E-state index is 13.0. The Morgan fingerprint density at radius 2 is 2.03 bits per heavy atom. The summed E-state index contributed by atoms with van der Waals surface area (Å²) in [7, 11) is 0. The molecular formula is C23H25N3O2S. The van der Waals surface area contributed by atoms with Crippen LogP contribution in [0.4, 0.5) is 0 Å². The fourth-order valence-electron chi connectivity index (χ4n) is 3.93. The molecule has 0 saturated carbocycles. The van der Waals surface area contributed by atoms with Gasteiger partial charge in [-0.1, -0.05) is 36.4 Å². The van der Waals surface area contributed by atoms with Gasteiger partial charge in [0.25, 0.3) is 5.56 Å². The number of carbonyl (C=O) groups is 1. The Morgan fingerprint density at radius 3 is 2.83 bits per heavy atom. The number of aryl methyl sites for hydroxylation is 3. The van der Waals surface area contributed by atoms with Gasteiger partial charge in [-0.15, -0.1) is 17.9 Å². The fourth-order valence-corrected chi connectivity index (χ4v) is 5.15. The topological polar surface area (TPSA) is 55.2 Å². The molecule has 1 aliphatic carbocycles. The van der Waals surface area contributed by atoms with Crippen molar-refractivity contribution in [3.8, 4) is 0 Å². The molecule has 0 radical (unpaired) electrons. The number of amides is 1. The van der Waals surface area contributed by atoms with Crippen LogP contribution in [0.25, 0.3) is 10.2 Å². The largest absolute Gasteiger partial charge is 0.335 e. The summed E-state index contributed by atoms with van der Waals surface area (Å²) in [6, 6.07) is 9.90. The highest BCUT2D eigenvalue weighted by Crippen LogP contribution is 2.33. The molecule has 0 saturated heterocycles. The zero-order valence-corrected chi connectivity index (χ0v) is 17.3. The lowest BCUT2D eigenvalue weighted by atomic mass is 9.97.